The van der Waals surface area contributed by atoms with Gasteiger partial charge < -0.3 is 24.8 Å². The molecule has 0 heterocycles. The van der Waals surface area contributed by atoms with Gasteiger partial charge in [0.05, 0.1) is 0 Å². The van der Waals surface area contributed by atoms with E-state index in [0.717, 1.165) is 0 Å². The fraction of sp³-hybridized carbons (Fsp3) is 0.0455. The summed E-state index contributed by atoms with van der Waals surface area (Å²) < 4.78 is 0. The second kappa shape index (κ2) is 18.1. The topological polar surface area (TPSA) is 0 Å². The first-order chi connectivity index (χ1) is 22.6. The summed E-state index contributed by atoms with van der Waals surface area (Å²) in [5.74, 6) is 0. The van der Waals surface area contributed by atoms with Crippen molar-refractivity contribution in [1.82, 2.24) is 0 Å². The number of benzene rings is 6. The third kappa shape index (κ3) is 9.22. The van der Waals surface area contributed by atoms with Gasteiger partial charge in [-0.3, -0.25) is 0 Å². The molecule has 0 radical (unpaired) electrons. The molecule has 0 aromatic heterocycles. The summed E-state index contributed by atoms with van der Waals surface area (Å²) in [6, 6.07) is 64.8. The zero-order chi connectivity index (χ0) is 31.7. The average molecular weight is 755 g/mol. The summed E-state index contributed by atoms with van der Waals surface area (Å²) in [7, 11) is 0. The van der Waals surface area contributed by atoms with Gasteiger partial charge in [0.2, 0.25) is 0 Å². The monoisotopic (exact) mass is 752 g/mol. The standard InChI is InChI=1S/2C16H13.C12H10Si.2ClH.Zr/c2*1-12-10-14-8-5-9-15(16(14)11-12)13-6-3-2-4-7-13;1-3-7-11(8-4-1)13-12-9-5-2-6-10-12;;;/h2*2-11H,1H3;1-10H;2*1H;/q2*-1;;;;+2/p-2. The molecule has 0 N–H and O–H groups in total. The van der Waals surface area contributed by atoms with Crippen LogP contribution in [0.2, 0.25) is 0 Å². The SMILES string of the molecule is Cc1cc2c(-c3ccccc3)cccc2[cH-]1.Cc1cc2c(-c3ccccc3)cccc2[cH-]1.[Cl-].[Cl-].[Zr+2]=[Si](c1ccccc1)c1ccccc1. The number of halogens is 2. The van der Waals surface area contributed by atoms with E-state index < -0.39 is 5.43 Å². The Morgan fingerprint density at radius 1 is 0.417 bits per heavy atom. The van der Waals surface area contributed by atoms with Crippen LogP contribution >= 0.6 is 0 Å². The minimum absolute atomic E-state index is 0. The fourth-order valence-electron chi connectivity index (χ4n) is 5.88. The maximum atomic E-state index is 2.26. The van der Waals surface area contributed by atoms with Gasteiger partial charge in [-0.25, -0.2) is 0 Å². The van der Waals surface area contributed by atoms with Crippen LogP contribution in [-0.4, -0.2) is 5.43 Å². The van der Waals surface area contributed by atoms with Crippen LogP contribution in [0.3, 0.4) is 0 Å². The molecule has 8 aromatic rings. The Kier molecular flexibility index (Phi) is 14.0. The van der Waals surface area contributed by atoms with Crippen molar-refractivity contribution in [2.24, 2.45) is 0 Å². The minimum atomic E-state index is -0.455. The quantitative estimate of drug-likeness (QED) is 0.185. The second-order valence-electron chi connectivity index (χ2n) is 11.5. The van der Waals surface area contributed by atoms with Crippen molar-refractivity contribution in [2.45, 2.75) is 13.8 Å². The predicted octanol–water partition coefficient (Wildman–Crippen LogP) is 4.42. The molecular formula is C44H36Cl2SiZr-2. The van der Waals surface area contributed by atoms with E-state index in [-0.39, 0.29) is 24.8 Å². The third-order valence-electron chi connectivity index (χ3n) is 8.08. The van der Waals surface area contributed by atoms with Crippen molar-refractivity contribution >= 4 is 37.4 Å². The van der Waals surface area contributed by atoms with Gasteiger partial charge in [-0.2, -0.15) is 12.1 Å². The van der Waals surface area contributed by atoms with Crippen LogP contribution in [0.1, 0.15) is 11.1 Å². The van der Waals surface area contributed by atoms with Crippen LogP contribution in [0.15, 0.2) is 182 Å². The van der Waals surface area contributed by atoms with E-state index in [1.54, 1.807) is 23.3 Å². The molecule has 0 fully saturated rings. The molecule has 0 spiro atoms. The Morgan fingerprint density at radius 2 is 0.750 bits per heavy atom. The van der Waals surface area contributed by atoms with Crippen molar-refractivity contribution in [3.8, 4) is 22.3 Å². The third-order valence-corrected chi connectivity index (χ3v) is 14.2. The zero-order valence-corrected chi connectivity index (χ0v) is 32.0. The molecule has 8 rings (SSSR count). The van der Waals surface area contributed by atoms with Crippen LogP contribution in [0.5, 0.6) is 0 Å². The van der Waals surface area contributed by atoms with E-state index in [0.29, 0.717) is 0 Å². The van der Waals surface area contributed by atoms with E-state index in [4.69, 9.17) is 0 Å². The fourth-order valence-corrected chi connectivity index (χ4v) is 9.73. The van der Waals surface area contributed by atoms with Gasteiger partial charge in [0.15, 0.2) is 0 Å². The van der Waals surface area contributed by atoms with Gasteiger partial charge in [0.1, 0.15) is 0 Å². The summed E-state index contributed by atoms with van der Waals surface area (Å²) in [6.45, 7) is 4.30. The Balaban J connectivity index is 0.000000160. The molecular weight excluding hydrogens is 719 g/mol. The van der Waals surface area contributed by atoms with Gasteiger partial charge in [-0.1, -0.05) is 97.8 Å². The molecule has 236 valence electrons. The number of rotatable bonds is 4. The summed E-state index contributed by atoms with van der Waals surface area (Å²) in [5, 5.41) is 8.40. The maximum absolute atomic E-state index is 2.26. The molecule has 0 unspecified atom stereocenters. The Morgan fingerprint density at radius 3 is 1.10 bits per heavy atom. The van der Waals surface area contributed by atoms with E-state index >= 15 is 0 Å². The van der Waals surface area contributed by atoms with Crippen molar-refractivity contribution in [1.29, 1.82) is 0 Å². The van der Waals surface area contributed by atoms with Gasteiger partial charge in [0, 0.05) is 0 Å². The van der Waals surface area contributed by atoms with Gasteiger partial charge in [-0.15, -0.1) is 69.1 Å². The Bertz CT molecular complexity index is 2010. The van der Waals surface area contributed by atoms with Gasteiger partial charge >= 0.3 is 99.8 Å². The summed E-state index contributed by atoms with van der Waals surface area (Å²) >= 11 is 1.64. The normalized spacial score (nSPS) is 10.1. The molecule has 0 bridgehead atoms. The van der Waals surface area contributed by atoms with Gasteiger partial charge in [0.25, 0.3) is 0 Å². The number of hydrogen-bond donors (Lipinski definition) is 0. The van der Waals surface area contributed by atoms with Crippen molar-refractivity contribution in [3.05, 3.63) is 193 Å². The predicted molar refractivity (Wildman–Crippen MR) is 197 cm³/mol. The van der Waals surface area contributed by atoms with E-state index in [2.05, 4.69) is 196 Å². The number of hydrogen-bond acceptors (Lipinski definition) is 0. The molecule has 0 aliphatic heterocycles. The van der Waals surface area contributed by atoms with Crippen LogP contribution in [0.25, 0.3) is 43.8 Å². The molecule has 0 atom stereocenters. The first-order valence-corrected chi connectivity index (χ1v) is 20.9. The summed E-state index contributed by atoms with van der Waals surface area (Å²) in [5.41, 5.74) is 7.44. The van der Waals surface area contributed by atoms with E-state index in [9.17, 15) is 0 Å². The van der Waals surface area contributed by atoms with Crippen LogP contribution in [0, 0.1) is 13.8 Å². The summed E-state index contributed by atoms with van der Waals surface area (Å²) in [6.07, 6.45) is 0. The molecule has 0 nitrogen and oxygen atoms in total. The van der Waals surface area contributed by atoms with Crippen molar-refractivity contribution in [3.63, 3.8) is 0 Å². The Hall–Kier alpha value is -3.78. The molecule has 48 heavy (non-hydrogen) atoms. The van der Waals surface area contributed by atoms with Crippen LogP contribution in [-0.2, 0) is 23.3 Å². The second-order valence-corrected chi connectivity index (χ2v) is 17.1. The molecule has 0 aliphatic rings. The first-order valence-electron chi connectivity index (χ1n) is 15.7. The van der Waals surface area contributed by atoms with Crippen LogP contribution in [0.4, 0.5) is 0 Å². The van der Waals surface area contributed by atoms with E-state index in [1.165, 1.54) is 65.3 Å². The number of aryl methyl sites for hydroxylation is 2. The molecule has 0 aliphatic carbocycles. The number of fused-ring (bicyclic) bond motifs is 2. The van der Waals surface area contributed by atoms with E-state index in [1.807, 2.05) is 0 Å². The van der Waals surface area contributed by atoms with Crippen molar-refractivity contribution in [2.75, 3.05) is 0 Å². The zero-order valence-electron chi connectivity index (χ0n) is 27.1. The van der Waals surface area contributed by atoms with Crippen molar-refractivity contribution < 1.29 is 48.1 Å². The van der Waals surface area contributed by atoms with Gasteiger partial charge in [-0.05, 0) is 11.1 Å². The molecule has 0 saturated carbocycles. The first kappa shape index (κ1) is 37.0. The molecule has 4 heteroatoms. The molecule has 8 aromatic carbocycles. The van der Waals surface area contributed by atoms with Crippen LogP contribution < -0.4 is 35.2 Å². The molecule has 0 amide bonds. The summed E-state index contributed by atoms with van der Waals surface area (Å²) in [4.78, 5) is 0. The molecule has 0 saturated heterocycles. The average Bonchev–Trinajstić information content (AvgIpc) is 3.70. The Labute approximate surface area is 312 Å².